The second kappa shape index (κ2) is 4.45. The summed E-state index contributed by atoms with van der Waals surface area (Å²) in [7, 11) is 0. The topological polar surface area (TPSA) is 63.8 Å². The van der Waals surface area contributed by atoms with E-state index in [1.165, 1.54) is 6.20 Å². The Morgan fingerprint density at radius 1 is 1.62 bits per heavy atom. The summed E-state index contributed by atoms with van der Waals surface area (Å²) in [6.45, 7) is 5.72. The van der Waals surface area contributed by atoms with Crippen LogP contribution in [-0.2, 0) is 0 Å². The van der Waals surface area contributed by atoms with E-state index < -0.39 is 0 Å². The average Bonchev–Trinajstić information content (AvgIpc) is 2.09. The highest BCUT2D eigenvalue weighted by molar-refractivity contribution is 5.36. The Morgan fingerprint density at radius 2 is 2.38 bits per heavy atom. The number of nitrogens with two attached hydrogens (primary N) is 1. The molecule has 0 fully saturated rings. The molecule has 3 N–H and O–H groups in total. The molecule has 13 heavy (non-hydrogen) atoms. The first kappa shape index (κ1) is 9.51. The van der Waals surface area contributed by atoms with Crippen LogP contribution in [0, 0.1) is 0 Å². The maximum atomic E-state index is 5.40. The predicted octanol–water partition coefficient (Wildman–Crippen LogP) is 1.44. The van der Waals surface area contributed by atoms with Gasteiger partial charge in [0.2, 0.25) is 0 Å². The van der Waals surface area contributed by atoms with Crippen molar-refractivity contribution in [3.8, 4) is 0 Å². The van der Waals surface area contributed by atoms with Crippen LogP contribution in [-0.4, -0.2) is 16.0 Å². The molecule has 0 spiro atoms. The lowest BCUT2D eigenvalue weighted by Crippen LogP contribution is -2.15. The van der Waals surface area contributed by atoms with E-state index in [0.717, 1.165) is 12.2 Å². The molecule has 0 saturated heterocycles. The predicted molar refractivity (Wildman–Crippen MR) is 54.3 cm³/mol. The third-order valence-electron chi connectivity index (χ3n) is 1.59. The summed E-state index contributed by atoms with van der Waals surface area (Å²) in [6, 6.07) is 0.315. The molecule has 1 aromatic heterocycles. The van der Waals surface area contributed by atoms with Gasteiger partial charge in [0.05, 0.1) is 12.4 Å². The number of rotatable bonds is 4. The first-order valence-corrected chi connectivity index (χ1v) is 4.17. The zero-order chi connectivity index (χ0) is 9.68. The van der Waals surface area contributed by atoms with Crippen LogP contribution in [0.3, 0.4) is 0 Å². The summed E-state index contributed by atoms with van der Waals surface area (Å²) in [5.74, 6) is 1.17. The van der Waals surface area contributed by atoms with E-state index in [1.807, 2.05) is 6.08 Å². The Labute approximate surface area is 77.9 Å². The van der Waals surface area contributed by atoms with Gasteiger partial charge in [-0.1, -0.05) is 6.08 Å². The van der Waals surface area contributed by atoms with Crippen molar-refractivity contribution in [1.29, 1.82) is 0 Å². The fourth-order valence-corrected chi connectivity index (χ4v) is 0.974. The second-order valence-corrected chi connectivity index (χ2v) is 2.90. The number of hydrogen-bond acceptors (Lipinski definition) is 4. The van der Waals surface area contributed by atoms with Crippen molar-refractivity contribution in [2.24, 2.45) is 0 Å². The van der Waals surface area contributed by atoms with Crippen molar-refractivity contribution in [3.05, 3.63) is 25.0 Å². The first-order valence-electron chi connectivity index (χ1n) is 4.17. The van der Waals surface area contributed by atoms with Gasteiger partial charge in [0.15, 0.2) is 0 Å². The van der Waals surface area contributed by atoms with Gasteiger partial charge in [0.25, 0.3) is 0 Å². The fourth-order valence-electron chi connectivity index (χ4n) is 0.974. The molecule has 1 atom stereocenters. The minimum Gasteiger partial charge on any atom is -0.382 e. The molecule has 0 aliphatic rings. The minimum atomic E-state index is 0.315. The van der Waals surface area contributed by atoms with E-state index in [2.05, 4.69) is 28.8 Å². The van der Waals surface area contributed by atoms with Crippen LogP contribution in [0.25, 0.3) is 0 Å². The van der Waals surface area contributed by atoms with E-state index in [1.54, 1.807) is 6.20 Å². The van der Waals surface area contributed by atoms with Gasteiger partial charge < -0.3 is 11.1 Å². The Hall–Kier alpha value is -1.58. The van der Waals surface area contributed by atoms with Crippen LogP contribution in [0.15, 0.2) is 25.0 Å². The van der Waals surface area contributed by atoms with Crippen LogP contribution in [0.4, 0.5) is 11.6 Å². The van der Waals surface area contributed by atoms with Crippen molar-refractivity contribution in [2.45, 2.75) is 19.4 Å². The molecule has 1 heterocycles. The lowest BCUT2D eigenvalue weighted by atomic mass is 10.2. The summed E-state index contributed by atoms with van der Waals surface area (Å²) < 4.78 is 0. The molecular formula is C9H14N4. The van der Waals surface area contributed by atoms with Gasteiger partial charge in [-0.25, -0.2) is 9.97 Å². The molecule has 4 heteroatoms. The monoisotopic (exact) mass is 178 g/mol. The van der Waals surface area contributed by atoms with Crippen molar-refractivity contribution >= 4 is 11.6 Å². The molecule has 0 radical (unpaired) electrons. The van der Waals surface area contributed by atoms with Gasteiger partial charge in [-0.2, -0.15) is 0 Å². The van der Waals surface area contributed by atoms with Crippen LogP contribution in [0.5, 0.6) is 0 Å². The molecule has 0 aliphatic heterocycles. The van der Waals surface area contributed by atoms with Gasteiger partial charge in [-0.05, 0) is 13.3 Å². The van der Waals surface area contributed by atoms with Crippen LogP contribution < -0.4 is 11.1 Å². The second-order valence-electron chi connectivity index (χ2n) is 2.90. The Balaban J connectivity index is 2.53. The minimum absolute atomic E-state index is 0.315. The van der Waals surface area contributed by atoms with Gasteiger partial charge in [0.1, 0.15) is 11.6 Å². The molecule has 1 unspecified atom stereocenters. The summed E-state index contributed by atoms with van der Waals surface area (Å²) >= 11 is 0. The molecule has 70 valence electrons. The summed E-state index contributed by atoms with van der Waals surface area (Å²) in [5.41, 5.74) is 5.40. The number of nitrogen functional groups attached to an aromatic ring is 1. The van der Waals surface area contributed by atoms with Gasteiger partial charge in [-0.3, -0.25) is 0 Å². The molecule has 0 amide bonds. The Morgan fingerprint density at radius 3 is 2.92 bits per heavy atom. The van der Waals surface area contributed by atoms with Crippen LogP contribution >= 0.6 is 0 Å². The van der Waals surface area contributed by atoms with E-state index in [0.29, 0.717) is 11.9 Å². The molecule has 0 saturated carbocycles. The molecule has 1 rings (SSSR count). The number of nitrogens with one attached hydrogen (secondary N) is 1. The number of aromatic nitrogens is 2. The number of anilines is 2. The molecule has 0 aromatic carbocycles. The lowest BCUT2D eigenvalue weighted by Gasteiger charge is -2.11. The highest BCUT2D eigenvalue weighted by Gasteiger charge is 1.99. The van der Waals surface area contributed by atoms with Gasteiger partial charge in [-0.15, -0.1) is 6.58 Å². The largest absolute Gasteiger partial charge is 0.382 e. The normalized spacial score (nSPS) is 12.1. The van der Waals surface area contributed by atoms with E-state index in [4.69, 9.17) is 5.73 Å². The van der Waals surface area contributed by atoms with Crippen molar-refractivity contribution in [1.82, 2.24) is 9.97 Å². The number of nitrogens with zero attached hydrogens (tertiary/aromatic N) is 2. The standard InChI is InChI=1S/C9H14N4/c1-3-4-7(2)13-9-6-11-8(10)5-12-9/h3,5-7H,1,4H2,2H3,(H2,10,11)(H,12,13). The molecule has 4 nitrogen and oxygen atoms in total. The molecule has 0 aliphatic carbocycles. The first-order chi connectivity index (χ1) is 6.22. The summed E-state index contributed by atoms with van der Waals surface area (Å²) in [6.07, 6.45) is 5.91. The summed E-state index contributed by atoms with van der Waals surface area (Å²) in [5, 5.41) is 3.17. The van der Waals surface area contributed by atoms with Crippen LogP contribution in [0.2, 0.25) is 0 Å². The smallest absolute Gasteiger partial charge is 0.144 e. The Bertz CT molecular complexity index is 267. The lowest BCUT2D eigenvalue weighted by molar-refractivity contribution is 0.806. The van der Waals surface area contributed by atoms with Crippen LogP contribution in [0.1, 0.15) is 13.3 Å². The third-order valence-corrected chi connectivity index (χ3v) is 1.59. The fraction of sp³-hybridized carbons (Fsp3) is 0.333. The average molecular weight is 178 g/mol. The zero-order valence-corrected chi connectivity index (χ0v) is 7.70. The quantitative estimate of drug-likeness (QED) is 0.685. The maximum absolute atomic E-state index is 5.40. The van der Waals surface area contributed by atoms with E-state index >= 15 is 0 Å². The zero-order valence-electron chi connectivity index (χ0n) is 7.70. The maximum Gasteiger partial charge on any atom is 0.144 e. The van der Waals surface area contributed by atoms with Gasteiger partial charge >= 0.3 is 0 Å². The summed E-state index contributed by atoms with van der Waals surface area (Å²) in [4.78, 5) is 7.99. The molecular weight excluding hydrogens is 164 g/mol. The Kier molecular flexibility index (Phi) is 3.25. The van der Waals surface area contributed by atoms with Crippen molar-refractivity contribution in [2.75, 3.05) is 11.1 Å². The van der Waals surface area contributed by atoms with Crippen molar-refractivity contribution in [3.63, 3.8) is 0 Å². The highest BCUT2D eigenvalue weighted by atomic mass is 15.0. The van der Waals surface area contributed by atoms with Crippen molar-refractivity contribution < 1.29 is 0 Å². The molecule has 1 aromatic rings. The van der Waals surface area contributed by atoms with E-state index in [-0.39, 0.29) is 0 Å². The van der Waals surface area contributed by atoms with Gasteiger partial charge in [0, 0.05) is 6.04 Å². The SMILES string of the molecule is C=CCC(C)Nc1cnc(N)cn1. The molecule has 0 bridgehead atoms. The third kappa shape index (κ3) is 3.11. The van der Waals surface area contributed by atoms with E-state index in [9.17, 15) is 0 Å². The highest BCUT2D eigenvalue weighted by Crippen LogP contribution is 2.05. The number of hydrogen-bond donors (Lipinski definition) is 2.